The predicted molar refractivity (Wildman–Crippen MR) is 93.6 cm³/mol. The molecule has 9 heteroatoms. The number of hydrogen-bond donors (Lipinski definition) is 1. The van der Waals surface area contributed by atoms with Crippen molar-refractivity contribution in [3.63, 3.8) is 0 Å². The molecule has 0 aliphatic carbocycles. The number of rotatable bonds is 3. The highest BCUT2D eigenvalue weighted by molar-refractivity contribution is 7.89. The molecule has 1 saturated heterocycles. The minimum absolute atomic E-state index is 0.183. The lowest BCUT2D eigenvalue weighted by molar-refractivity contribution is 0.306. The molecular formula is C17H22FN5O2S. The maximum Gasteiger partial charge on any atom is 0.245 e. The summed E-state index contributed by atoms with van der Waals surface area (Å²) in [5.74, 6) is 1.40. The molecule has 0 saturated carbocycles. The van der Waals surface area contributed by atoms with E-state index in [4.69, 9.17) is 0 Å². The molecule has 0 amide bonds. The largest absolute Gasteiger partial charge is 0.312 e. The monoisotopic (exact) mass is 379 g/mol. The summed E-state index contributed by atoms with van der Waals surface area (Å²) in [5.41, 5.74) is 0.338. The molecule has 1 aromatic carbocycles. The standard InChI is InChI=1S/C17H22FN5O2S/c1-12-3-2-4-14(16(12)18)26(24,25)22-8-5-13(6-9-22)17-21-20-15-11-19-7-10-23(15)17/h2-4,13,19H,5-11H2,1H3. The van der Waals surface area contributed by atoms with Crippen molar-refractivity contribution in [2.45, 2.75) is 43.7 Å². The van der Waals surface area contributed by atoms with Crippen molar-refractivity contribution in [2.24, 2.45) is 0 Å². The maximum absolute atomic E-state index is 14.3. The summed E-state index contributed by atoms with van der Waals surface area (Å²) >= 11 is 0. The van der Waals surface area contributed by atoms with Gasteiger partial charge in [0.25, 0.3) is 0 Å². The number of nitrogens with one attached hydrogen (secondary N) is 1. The number of fused-ring (bicyclic) bond motifs is 1. The van der Waals surface area contributed by atoms with Gasteiger partial charge in [-0.25, -0.2) is 12.8 Å². The van der Waals surface area contributed by atoms with Crippen LogP contribution in [-0.2, 0) is 23.1 Å². The number of sulfonamides is 1. The molecule has 0 radical (unpaired) electrons. The van der Waals surface area contributed by atoms with E-state index < -0.39 is 15.8 Å². The summed E-state index contributed by atoms with van der Waals surface area (Å²) in [6.07, 6.45) is 1.33. The minimum atomic E-state index is -3.82. The first-order valence-electron chi connectivity index (χ1n) is 8.86. The number of piperidine rings is 1. The molecule has 0 unspecified atom stereocenters. The van der Waals surface area contributed by atoms with Gasteiger partial charge in [-0.15, -0.1) is 10.2 Å². The van der Waals surface area contributed by atoms with E-state index in [9.17, 15) is 12.8 Å². The highest BCUT2D eigenvalue weighted by Gasteiger charge is 2.34. The van der Waals surface area contributed by atoms with Crippen molar-refractivity contribution in [1.29, 1.82) is 0 Å². The van der Waals surface area contributed by atoms with Crippen LogP contribution in [0.5, 0.6) is 0 Å². The van der Waals surface area contributed by atoms with E-state index in [1.54, 1.807) is 19.1 Å². The zero-order chi connectivity index (χ0) is 18.3. The summed E-state index contributed by atoms with van der Waals surface area (Å²) in [6.45, 7) is 4.74. The van der Waals surface area contributed by atoms with Crippen molar-refractivity contribution < 1.29 is 12.8 Å². The average Bonchev–Trinajstić information content (AvgIpc) is 3.08. The third-order valence-electron chi connectivity index (χ3n) is 5.24. The number of aromatic nitrogens is 3. The summed E-state index contributed by atoms with van der Waals surface area (Å²) in [7, 11) is -3.82. The van der Waals surface area contributed by atoms with E-state index in [0.29, 0.717) is 38.0 Å². The van der Waals surface area contributed by atoms with Crippen LogP contribution in [0, 0.1) is 12.7 Å². The third kappa shape index (κ3) is 2.93. The predicted octanol–water partition coefficient (Wildman–Crippen LogP) is 1.40. The fourth-order valence-electron chi connectivity index (χ4n) is 3.73. The summed E-state index contributed by atoms with van der Waals surface area (Å²) in [5, 5.41) is 11.8. The first-order chi connectivity index (χ1) is 12.5. The molecular weight excluding hydrogens is 357 g/mol. The zero-order valence-electron chi connectivity index (χ0n) is 14.7. The molecule has 2 aromatic rings. The topological polar surface area (TPSA) is 80.1 Å². The van der Waals surface area contributed by atoms with E-state index in [2.05, 4.69) is 20.1 Å². The SMILES string of the molecule is Cc1cccc(S(=O)(=O)N2CCC(c3nnc4n3CCNC4)CC2)c1F. The van der Waals surface area contributed by atoms with Gasteiger partial charge in [-0.2, -0.15) is 4.31 Å². The van der Waals surface area contributed by atoms with Crippen LogP contribution in [0.1, 0.15) is 36.0 Å². The van der Waals surface area contributed by atoms with E-state index >= 15 is 0 Å². The first-order valence-corrected chi connectivity index (χ1v) is 10.3. The maximum atomic E-state index is 14.3. The second-order valence-corrected chi connectivity index (χ2v) is 8.77. The molecule has 1 N–H and O–H groups in total. The number of hydrogen-bond acceptors (Lipinski definition) is 5. The highest BCUT2D eigenvalue weighted by atomic mass is 32.2. The molecule has 0 atom stereocenters. The Morgan fingerprint density at radius 1 is 1.19 bits per heavy atom. The molecule has 0 bridgehead atoms. The lowest BCUT2D eigenvalue weighted by Crippen LogP contribution is -2.39. The highest BCUT2D eigenvalue weighted by Crippen LogP contribution is 2.31. The molecule has 3 heterocycles. The van der Waals surface area contributed by atoms with Crippen LogP contribution in [0.15, 0.2) is 23.1 Å². The Hall–Kier alpha value is -1.84. The molecule has 1 aromatic heterocycles. The number of aryl methyl sites for hydroxylation is 1. The van der Waals surface area contributed by atoms with Gasteiger partial charge in [0.1, 0.15) is 22.4 Å². The normalized spacial score (nSPS) is 19.5. The smallest absolute Gasteiger partial charge is 0.245 e. The van der Waals surface area contributed by atoms with Gasteiger partial charge in [-0.1, -0.05) is 12.1 Å². The van der Waals surface area contributed by atoms with Gasteiger partial charge in [0, 0.05) is 32.1 Å². The molecule has 4 rings (SSSR count). The molecule has 1 fully saturated rings. The second kappa shape index (κ2) is 6.71. The van der Waals surface area contributed by atoms with Gasteiger partial charge in [-0.3, -0.25) is 0 Å². The van der Waals surface area contributed by atoms with E-state index in [-0.39, 0.29) is 10.8 Å². The lowest BCUT2D eigenvalue weighted by atomic mass is 9.97. The Kier molecular flexibility index (Phi) is 4.54. The van der Waals surface area contributed by atoms with Crippen LogP contribution < -0.4 is 5.32 Å². The van der Waals surface area contributed by atoms with Crippen LogP contribution in [0.25, 0.3) is 0 Å². The van der Waals surface area contributed by atoms with Crippen LogP contribution in [0.4, 0.5) is 4.39 Å². The summed E-state index contributed by atoms with van der Waals surface area (Å²) in [4.78, 5) is -0.234. The van der Waals surface area contributed by atoms with Gasteiger partial charge in [0.15, 0.2) is 0 Å². The zero-order valence-corrected chi connectivity index (χ0v) is 15.5. The van der Waals surface area contributed by atoms with E-state index in [1.807, 2.05) is 0 Å². The van der Waals surface area contributed by atoms with E-state index in [1.165, 1.54) is 10.4 Å². The van der Waals surface area contributed by atoms with Gasteiger partial charge >= 0.3 is 0 Å². The third-order valence-corrected chi connectivity index (χ3v) is 7.16. The average molecular weight is 379 g/mol. The van der Waals surface area contributed by atoms with Gasteiger partial charge < -0.3 is 9.88 Å². The Labute approximate surface area is 152 Å². The molecule has 7 nitrogen and oxygen atoms in total. The van der Waals surface area contributed by atoms with Crippen LogP contribution >= 0.6 is 0 Å². The Morgan fingerprint density at radius 3 is 2.73 bits per heavy atom. The van der Waals surface area contributed by atoms with Gasteiger partial charge in [-0.05, 0) is 31.4 Å². The number of halogens is 1. The van der Waals surface area contributed by atoms with Crippen LogP contribution in [0.2, 0.25) is 0 Å². The molecule has 2 aliphatic rings. The Bertz CT molecular complexity index is 919. The summed E-state index contributed by atoms with van der Waals surface area (Å²) < 4.78 is 43.5. The number of nitrogens with zero attached hydrogens (tertiary/aromatic N) is 4. The van der Waals surface area contributed by atoms with Crippen molar-refractivity contribution in [3.05, 3.63) is 41.2 Å². The van der Waals surface area contributed by atoms with Crippen LogP contribution in [-0.4, -0.2) is 47.1 Å². The minimum Gasteiger partial charge on any atom is -0.312 e. The van der Waals surface area contributed by atoms with Crippen molar-refractivity contribution in [3.8, 4) is 0 Å². The molecule has 2 aliphatic heterocycles. The van der Waals surface area contributed by atoms with Crippen molar-refractivity contribution in [1.82, 2.24) is 24.4 Å². The first kappa shape index (κ1) is 17.6. The van der Waals surface area contributed by atoms with Crippen molar-refractivity contribution in [2.75, 3.05) is 19.6 Å². The fourth-order valence-corrected chi connectivity index (χ4v) is 5.34. The van der Waals surface area contributed by atoms with Gasteiger partial charge in [0.2, 0.25) is 10.0 Å². The van der Waals surface area contributed by atoms with Gasteiger partial charge in [0.05, 0.1) is 6.54 Å². The second-order valence-electron chi connectivity index (χ2n) is 6.87. The quantitative estimate of drug-likeness (QED) is 0.872. The van der Waals surface area contributed by atoms with Crippen molar-refractivity contribution >= 4 is 10.0 Å². The molecule has 26 heavy (non-hydrogen) atoms. The number of benzene rings is 1. The lowest BCUT2D eigenvalue weighted by Gasteiger charge is -2.31. The van der Waals surface area contributed by atoms with Crippen LogP contribution in [0.3, 0.4) is 0 Å². The Balaban J connectivity index is 1.51. The molecule has 140 valence electrons. The molecule has 0 spiro atoms. The Morgan fingerprint density at radius 2 is 1.96 bits per heavy atom. The van der Waals surface area contributed by atoms with E-state index in [0.717, 1.165) is 24.7 Å². The summed E-state index contributed by atoms with van der Waals surface area (Å²) in [6, 6.07) is 4.49. The fraction of sp³-hybridized carbons (Fsp3) is 0.529.